The van der Waals surface area contributed by atoms with Crippen molar-refractivity contribution < 1.29 is 9.84 Å². The van der Waals surface area contributed by atoms with E-state index in [-0.39, 0.29) is 0 Å². The van der Waals surface area contributed by atoms with Gasteiger partial charge in [-0.05, 0) is 30.5 Å². The standard InChI is InChI=1S/C14H17N3O2/c1-19-11-5-2-4-10(8-11)9-12-15-13-6-3-7-14(18)17(13)16-12/h2,4-5,8,14,18H,3,6-7,9H2,1H3. The molecule has 0 spiro atoms. The first-order chi connectivity index (χ1) is 9.26. The van der Waals surface area contributed by atoms with Crippen molar-refractivity contribution >= 4 is 0 Å². The highest BCUT2D eigenvalue weighted by molar-refractivity contribution is 5.30. The van der Waals surface area contributed by atoms with E-state index in [9.17, 15) is 5.11 Å². The number of aliphatic hydroxyl groups is 1. The van der Waals surface area contributed by atoms with Gasteiger partial charge in [0.15, 0.2) is 5.82 Å². The highest BCUT2D eigenvalue weighted by Crippen LogP contribution is 2.21. The van der Waals surface area contributed by atoms with Crippen LogP contribution < -0.4 is 4.74 Å². The molecule has 0 fully saturated rings. The zero-order chi connectivity index (χ0) is 13.2. The summed E-state index contributed by atoms with van der Waals surface area (Å²) in [5, 5.41) is 14.3. The van der Waals surface area contributed by atoms with Gasteiger partial charge in [0.05, 0.1) is 7.11 Å². The maximum absolute atomic E-state index is 9.86. The molecule has 19 heavy (non-hydrogen) atoms. The van der Waals surface area contributed by atoms with Gasteiger partial charge >= 0.3 is 0 Å². The minimum atomic E-state index is -0.518. The predicted octanol–water partition coefficient (Wildman–Crippen LogP) is 1.70. The third kappa shape index (κ3) is 2.46. The number of ether oxygens (including phenoxy) is 1. The van der Waals surface area contributed by atoms with E-state index in [0.717, 1.165) is 42.2 Å². The Morgan fingerprint density at radius 1 is 1.47 bits per heavy atom. The van der Waals surface area contributed by atoms with Crippen LogP contribution in [0.15, 0.2) is 24.3 Å². The normalized spacial score (nSPS) is 18.1. The van der Waals surface area contributed by atoms with Crippen LogP contribution in [0.25, 0.3) is 0 Å². The molecule has 1 aliphatic heterocycles. The molecule has 2 aromatic rings. The number of methoxy groups -OCH3 is 1. The van der Waals surface area contributed by atoms with Crippen molar-refractivity contribution in [3.63, 3.8) is 0 Å². The Morgan fingerprint density at radius 2 is 2.37 bits per heavy atom. The van der Waals surface area contributed by atoms with Crippen LogP contribution in [0.4, 0.5) is 0 Å². The summed E-state index contributed by atoms with van der Waals surface area (Å²) in [6, 6.07) is 7.88. The lowest BCUT2D eigenvalue weighted by atomic mass is 10.1. The van der Waals surface area contributed by atoms with E-state index >= 15 is 0 Å². The summed E-state index contributed by atoms with van der Waals surface area (Å²) in [5.41, 5.74) is 1.11. The van der Waals surface area contributed by atoms with Gasteiger partial charge in [-0.3, -0.25) is 0 Å². The lowest BCUT2D eigenvalue weighted by molar-refractivity contribution is 0.0644. The number of rotatable bonds is 3. The SMILES string of the molecule is COc1cccc(Cc2nc3n(n2)C(O)CCC3)c1. The molecule has 0 aliphatic carbocycles. The molecule has 1 N–H and O–H groups in total. The maximum atomic E-state index is 9.86. The molecule has 0 saturated heterocycles. The zero-order valence-electron chi connectivity index (χ0n) is 10.9. The molecule has 1 aliphatic rings. The van der Waals surface area contributed by atoms with Gasteiger partial charge in [0.1, 0.15) is 17.8 Å². The Labute approximate surface area is 111 Å². The molecule has 5 heteroatoms. The zero-order valence-corrected chi connectivity index (χ0v) is 10.9. The lowest BCUT2D eigenvalue weighted by Gasteiger charge is -2.17. The van der Waals surface area contributed by atoms with Crippen LogP contribution >= 0.6 is 0 Å². The van der Waals surface area contributed by atoms with Gasteiger partial charge in [-0.15, -0.1) is 0 Å². The molecular formula is C14H17N3O2. The predicted molar refractivity (Wildman–Crippen MR) is 70.0 cm³/mol. The smallest absolute Gasteiger partial charge is 0.155 e. The number of hydrogen-bond acceptors (Lipinski definition) is 4. The number of fused-ring (bicyclic) bond motifs is 1. The van der Waals surface area contributed by atoms with Gasteiger partial charge in [0, 0.05) is 12.8 Å². The Morgan fingerprint density at radius 3 is 3.16 bits per heavy atom. The number of aryl methyl sites for hydroxylation is 1. The van der Waals surface area contributed by atoms with Crippen LogP contribution in [-0.2, 0) is 12.8 Å². The molecule has 1 aromatic carbocycles. The average Bonchev–Trinajstić information content (AvgIpc) is 2.83. The van der Waals surface area contributed by atoms with E-state index in [4.69, 9.17) is 4.74 Å². The van der Waals surface area contributed by atoms with E-state index in [0.29, 0.717) is 6.42 Å². The second-order valence-corrected chi connectivity index (χ2v) is 4.79. The fourth-order valence-corrected chi connectivity index (χ4v) is 2.42. The minimum Gasteiger partial charge on any atom is -0.497 e. The fourth-order valence-electron chi connectivity index (χ4n) is 2.42. The first-order valence-corrected chi connectivity index (χ1v) is 6.51. The van der Waals surface area contributed by atoms with Gasteiger partial charge < -0.3 is 9.84 Å². The first-order valence-electron chi connectivity index (χ1n) is 6.51. The van der Waals surface area contributed by atoms with Gasteiger partial charge in [-0.2, -0.15) is 5.10 Å². The number of aliphatic hydroxyl groups excluding tert-OH is 1. The topological polar surface area (TPSA) is 60.2 Å². The maximum Gasteiger partial charge on any atom is 0.155 e. The van der Waals surface area contributed by atoms with E-state index in [1.165, 1.54) is 0 Å². The van der Waals surface area contributed by atoms with Crippen molar-refractivity contribution in [1.29, 1.82) is 0 Å². The summed E-state index contributed by atoms with van der Waals surface area (Å²) in [5.74, 6) is 2.47. The summed E-state index contributed by atoms with van der Waals surface area (Å²) in [6.07, 6.45) is 2.76. The molecule has 0 bridgehead atoms. The van der Waals surface area contributed by atoms with Crippen LogP contribution in [0, 0.1) is 0 Å². The Hall–Kier alpha value is -1.88. The van der Waals surface area contributed by atoms with Gasteiger partial charge in [-0.1, -0.05) is 12.1 Å². The van der Waals surface area contributed by atoms with Gasteiger partial charge in [-0.25, -0.2) is 9.67 Å². The number of aromatic nitrogens is 3. The summed E-state index contributed by atoms with van der Waals surface area (Å²) in [7, 11) is 1.66. The second-order valence-electron chi connectivity index (χ2n) is 4.79. The highest BCUT2D eigenvalue weighted by Gasteiger charge is 2.20. The Balaban J connectivity index is 1.83. The third-order valence-corrected chi connectivity index (χ3v) is 3.39. The molecule has 1 aromatic heterocycles. The van der Waals surface area contributed by atoms with Crippen LogP contribution in [0.5, 0.6) is 5.75 Å². The van der Waals surface area contributed by atoms with E-state index in [2.05, 4.69) is 10.1 Å². The fraction of sp³-hybridized carbons (Fsp3) is 0.429. The lowest BCUT2D eigenvalue weighted by Crippen LogP contribution is -2.18. The molecule has 0 saturated carbocycles. The van der Waals surface area contributed by atoms with Crippen molar-refractivity contribution in [1.82, 2.24) is 14.8 Å². The Bertz CT molecular complexity index is 580. The summed E-state index contributed by atoms with van der Waals surface area (Å²) < 4.78 is 6.86. The van der Waals surface area contributed by atoms with Crippen LogP contribution in [0.2, 0.25) is 0 Å². The molecule has 2 heterocycles. The van der Waals surface area contributed by atoms with Crippen LogP contribution in [-0.4, -0.2) is 27.0 Å². The molecule has 100 valence electrons. The van der Waals surface area contributed by atoms with Crippen molar-refractivity contribution in [2.24, 2.45) is 0 Å². The first kappa shape index (κ1) is 12.2. The molecular weight excluding hydrogens is 242 g/mol. The number of nitrogens with zero attached hydrogens (tertiary/aromatic N) is 3. The van der Waals surface area contributed by atoms with E-state index in [1.807, 2.05) is 24.3 Å². The van der Waals surface area contributed by atoms with Crippen LogP contribution in [0.3, 0.4) is 0 Å². The molecule has 0 amide bonds. The third-order valence-electron chi connectivity index (χ3n) is 3.39. The van der Waals surface area contributed by atoms with Gasteiger partial charge in [0.2, 0.25) is 0 Å². The quantitative estimate of drug-likeness (QED) is 0.911. The molecule has 3 rings (SSSR count). The van der Waals surface area contributed by atoms with Crippen molar-refractivity contribution in [2.45, 2.75) is 31.9 Å². The molecule has 1 atom stereocenters. The van der Waals surface area contributed by atoms with Crippen molar-refractivity contribution in [2.75, 3.05) is 7.11 Å². The van der Waals surface area contributed by atoms with E-state index in [1.54, 1.807) is 11.8 Å². The molecule has 5 nitrogen and oxygen atoms in total. The average molecular weight is 259 g/mol. The second kappa shape index (κ2) is 5.01. The Kier molecular flexibility index (Phi) is 3.21. The minimum absolute atomic E-state index is 0.518. The summed E-state index contributed by atoms with van der Waals surface area (Å²) in [4.78, 5) is 4.50. The van der Waals surface area contributed by atoms with Crippen molar-refractivity contribution in [3.8, 4) is 5.75 Å². The van der Waals surface area contributed by atoms with Crippen molar-refractivity contribution in [3.05, 3.63) is 41.5 Å². The summed E-state index contributed by atoms with van der Waals surface area (Å²) in [6.45, 7) is 0. The highest BCUT2D eigenvalue weighted by atomic mass is 16.5. The number of benzene rings is 1. The molecule has 1 unspecified atom stereocenters. The van der Waals surface area contributed by atoms with E-state index < -0.39 is 6.23 Å². The monoisotopic (exact) mass is 259 g/mol. The summed E-state index contributed by atoms with van der Waals surface area (Å²) >= 11 is 0. The largest absolute Gasteiger partial charge is 0.497 e. The number of hydrogen-bond donors (Lipinski definition) is 1. The van der Waals surface area contributed by atoms with Gasteiger partial charge in [0.25, 0.3) is 0 Å². The van der Waals surface area contributed by atoms with Crippen LogP contribution in [0.1, 0.15) is 36.3 Å². The molecule has 0 radical (unpaired) electrons.